The minimum atomic E-state index is -0.902. The molecule has 2 amide bonds. The van der Waals surface area contributed by atoms with E-state index in [2.05, 4.69) is 9.97 Å². The average Bonchev–Trinajstić information content (AvgIpc) is 2.85. The molecule has 0 bridgehead atoms. The highest BCUT2D eigenvalue weighted by Crippen LogP contribution is 2.35. The number of ether oxygens (including phenoxy) is 3. The first-order chi connectivity index (χ1) is 12.3. The Bertz CT molecular complexity index is 842. The number of carbonyl (C=O) groups is 2. The Hall–Kier alpha value is -2.13. The minimum Gasteiger partial charge on any atom is -0.494 e. The van der Waals surface area contributed by atoms with E-state index in [4.69, 9.17) is 25.8 Å². The summed E-state index contributed by atoms with van der Waals surface area (Å²) in [4.78, 5) is 35.0. The molecule has 2 rings (SSSR count). The molecular formula is C17H22ClN3O5S. The number of hydrogen-bond acceptors (Lipinski definition) is 8. The zero-order valence-corrected chi connectivity index (χ0v) is 17.8. The third-order valence-corrected chi connectivity index (χ3v) is 3.98. The molecule has 0 fully saturated rings. The van der Waals surface area contributed by atoms with Crippen LogP contribution in [0.5, 0.6) is 5.75 Å². The molecule has 10 heteroatoms. The van der Waals surface area contributed by atoms with Crippen molar-refractivity contribution in [3.8, 4) is 5.75 Å². The Morgan fingerprint density at radius 1 is 1.04 bits per heavy atom. The van der Waals surface area contributed by atoms with Crippen molar-refractivity contribution < 1.29 is 23.8 Å². The van der Waals surface area contributed by atoms with Crippen LogP contribution in [0.25, 0.3) is 10.3 Å². The number of pyridine rings is 1. The highest BCUT2D eigenvalue weighted by atomic mass is 35.5. The number of rotatable bonds is 2. The summed E-state index contributed by atoms with van der Waals surface area (Å²) in [6, 6.07) is 1.50. The van der Waals surface area contributed by atoms with E-state index in [-0.39, 0.29) is 10.3 Å². The molecule has 0 saturated carbocycles. The van der Waals surface area contributed by atoms with Gasteiger partial charge in [-0.25, -0.2) is 19.6 Å². The molecule has 0 aromatic carbocycles. The highest BCUT2D eigenvalue weighted by molar-refractivity contribution is 7.22. The van der Waals surface area contributed by atoms with Crippen LogP contribution in [-0.2, 0) is 9.47 Å². The zero-order chi connectivity index (χ0) is 20.6. The first kappa shape index (κ1) is 21.2. The van der Waals surface area contributed by atoms with Gasteiger partial charge in [0, 0.05) is 6.07 Å². The predicted molar refractivity (Wildman–Crippen MR) is 104 cm³/mol. The van der Waals surface area contributed by atoms with E-state index in [1.807, 2.05) is 0 Å². The molecule has 2 heterocycles. The molecule has 148 valence electrons. The molecule has 0 radical (unpaired) electrons. The smallest absolute Gasteiger partial charge is 0.426 e. The molecule has 0 aliphatic carbocycles. The second-order valence-electron chi connectivity index (χ2n) is 7.59. The number of fused-ring (bicyclic) bond motifs is 1. The fourth-order valence-electron chi connectivity index (χ4n) is 1.94. The molecule has 8 nitrogen and oxygen atoms in total. The number of anilines is 1. The number of thiazole rings is 1. The van der Waals surface area contributed by atoms with Gasteiger partial charge in [0.15, 0.2) is 10.6 Å². The van der Waals surface area contributed by atoms with E-state index in [9.17, 15) is 9.59 Å². The van der Waals surface area contributed by atoms with Crippen LogP contribution in [0.2, 0.25) is 5.15 Å². The Kier molecular flexibility index (Phi) is 5.86. The fraction of sp³-hybridized carbons (Fsp3) is 0.529. The van der Waals surface area contributed by atoms with Gasteiger partial charge in [-0.05, 0) is 41.5 Å². The molecule has 0 aliphatic rings. The lowest BCUT2D eigenvalue weighted by Crippen LogP contribution is -2.43. The van der Waals surface area contributed by atoms with Gasteiger partial charge in [0.2, 0.25) is 5.13 Å². The van der Waals surface area contributed by atoms with Gasteiger partial charge in [-0.15, -0.1) is 0 Å². The van der Waals surface area contributed by atoms with Crippen LogP contribution in [0.3, 0.4) is 0 Å². The Morgan fingerprint density at radius 3 is 2.00 bits per heavy atom. The third kappa shape index (κ3) is 5.43. The normalized spacial score (nSPS) is 12.0. The summed E-state index contributed by atoms with van der Waals surface area (Å²) in [5.41, 5.74) is -1.25. The van der Waals surface area contributed by atoms with Crippen LogP contribution in [0.15, 0.2) is 6.07 Å². The predicted octanol–water partition coefficient (Wildman–Crippen LogP) is 5.03. The molecule has 27 heavy (non-hydrogen) atoms. The summed E-state index contributed by atoms with van der Waals surface area (Å²) < 4.78 is 15.9. The number of aromatic nitrogens is 2. The van der Waals surface area contributed by atoms with Crippen molar-refractivity contribution in [1.82, 2.24) is 9.97 Å². The largest absolute Gasteiger partial charge is 0.494 e. The number of nitrogens with zero attached hydrogens (tertiary/aromatic N) is 3. The molecule has 2 aromatic heterocycles. The summed E-state index contributed by atoms with van der Waals surface area (Å²) in [6.07, 6.45) is -1.80. The second-order valence-corrected chi connectivity index (χ2v) is 8.94. The van der Waals surface area contributed by atoms with Crippen LogP contribution in [-0.4, -0.2) is 40.5 Å². The van der Waals surface area contributed by atoms with Gasteiger partial charge < -0.3 is 14.2 Å². The van der Waals surface area contributed by atoms with Crippen molar-refractivity contribution in [1.29, 1.82) is 0 Å². The average molecular weight is 416 g/mol. The molecule has 0 spiro atoms. The summed E-state index contributed by atoms with van der Waals surface area (Å²) in [7, 11) is 1.46. The number of halogens is 1. The number of methoxy groups -OCH3 is 1. The SMILES string of the molecule is COc1cc(Cl)nc2sc(N(C(=O)OC(C)(C)C)C(=O)OC(C)(C)C)nc12. The summed E-state index contributed by atoms with van der Waals surface area (Å²) in [5, 5.41) is 0.247. The first-order valence-corrected chi connectivity index (χ1v) is 9.27. The third-order valence-electron chi connectivity index (χ3n) is 2.85. The number of carbonyl (C=O) groups excluding carboxylic acids is 2. The lowest BCUT2D eigenvalue weighted by Gasteiger charge is -2.27. The molecule has 0 atom stereocenters. The van der Waals surface area contributed by atoms with E-state index < -0.39 is 23.4 Å². The molecule has 0 aliphatic heterocycles. The van der Waals surface area contributed by atoms with Crippen molar-refractivity contribution in [3.05, 3.63) is 11.2 Å². The van der Waals surface area contributed by atoms with Gasteiger partial charge in [-0.2, -0.15) is 4.90 Å². The van der Waals surface area contributed by atoms with Gasteiger partial charge in [0.25, 0.3) is 0 Å². The zero-order valence-electron chi connectivity index (χ0n) is 16.2. The first-order valence-electron chi connectivity index (χ1n) is 8.08. The number of hydrogen-bond donors (Lipinski definition) is 0. The van der Waals surface area contributed by atoms with Crippen molar-refractivity contribution in [2.24, 2.45) is 0 Å². The lowest BCUT2D eigenvalue weighted by molar-refractivity contribution is 0.0431. The van der Waals surface area contributed by atoms with E-state index in [0.29, 0.717) is 16.1 Å². The molecule has 0 saturated heterocycles. The Labute approximate surface area is 166 Å². The summed E-state index contributed by atoms with van der Waals surface area (Å²) in [6.45, 7) is 10.2. The maximum Gasteiger partial charge on any atom is 0.426 e. The molecule has 2 aromatic rings. The maximum absolute atomic E-state index is 12.7. The topological polar surface area (TPSA) is 90.8 Å². The van der Waals surface area contributed by atoms with Gasteiger partial charge >= 0.3 is 12.2 Å². The molecule has 0 unspecified atom stereocenters. The van der Waals surface area contributed by atoms with Crippen molar-refractivity contribution >= 4 is 50.6 Å². The van der Waals surface area contributed by atoms with Crippen molar-refractivity contribution in [2.75, 3.05) is 12.0 Å². The second kappa shape index (κ2) is 7.47. The minimum absolute atomic E-state index is 0.0431. The van der Waals surface area contributed by atoms with Crippen LogP contribution in [0, 0.1) is 0 Å². The van der Waals surface area contributed by atoms with Crippen LogP contribution in [0.4, 0.5) is 14.7 Å². The fourth-order valence-corrected chi connectivity index (χ4v) is 3.11. The van der Waals surface area contributed by atoms with Crippen molar-refractivity contribution in [2.45, 2.75) is 52.7 Å². The lowest BCUT2D eigenvalue weighted by atomic mass is 10.2. The number of amides is 2. The Balaban J connectivity index is 2.54. The van der Waals surface area contributed by atoms with Gasteiger partial charge in [0.1, 0.15) is 21.9 Å². The monoisotopic (exact) mass is 415 g/mol. The van der Waals surface area contributed by atoms with Gasteiger partial charge in [-0.1, -0.05) is 22.9 Å². The summed E-state index contributed by atoms with van der Waals surface area (Å²) >= 11 is 6.98. The molecule has 0 N–H and O–H groups in total. The number of imide groups is 1. The van der Waals surface area contributed by atoms with E-state index in [0.717, 1.165) is 16.2 Å². The maximum atomic E-state index is 12.7. The standard InChI is InChI=1S/C17H22ClN3O5S/c1-16(2,3)25-14(22)21(15(23)26-17(4,5)6)13-20-11-9(24-7)8-10(18)19-12(11)27-13/h8H,1-7H3. The summed E-state index contributed by atoms with van der Waals surface area (Å²) in [5.74, 6) is 0.376. The Morgan fingerprint density at radius 2 is 1.56 bits per heavy atom. The quantitative estimate of drug-likeness (QED) is 0.635. The van der Waals surface area contributed by atoms with Crippen molar-refractivity contribution in [3.63, 3.8) is 0 Å². The molecular weight excluding hydrogens is 394 g/mol. The van der Waals surface area contributed by atoms with E-state index >= 15 is 0 Å². The van der Waals surface area contributed by atoms with E-state index in [1.165, 1.54) is 13.2 Å². The van der Waals surface area contributed by atoms with Crippen LogP contribution < -0.4 is 9.64 Å². The van der Waals surface area contributed by atoms with Crippen LogP contribution in [0.1, 0.15) is 41.5 Å². The van der Waals surface area contributed by atoms with Crippen LogP contribution >= 0.6 is 22.9 Å². The highest BCUT2D eigenvalue weighted by Gasteiger charge is 2.35. The van der Waals surface area contributed by atoms with Gasteiger partial charge in [0.05, 0.1) is 7.11 Å². The van der Waals surface area contributed by atoms with Gasteiger partial charge in [-0.3, -0.25) is 0 Å². The van der Waals surface area contributed by atoms with E-state index in [1.54, 1.807) is 41.5 Å².